The van der Waals surface area contributed by atoms with Gasteiger partial charge in [0.05, 0.1) is 17.1 Å². The predicted octanol–water partition coefficient (Wildman–Crippen LogP) is 5.07. The normalized spacial score (nSPS) is 12.9. The maximum Gasteiger partial charge on any atom is 0.282 e. The summed E-state index contributed by atoms with van der Waals surface area (Å²) in [5, 5.41) is 6.31. The molecular formula is C24H14ClN3O4. The van der Waals surface area contributed by atoms with E-state index >= 15 is 0 Å². The highest BCUT2D eigenvalue weighted by Gasteiger charge is 2.17. The first-order valence-electron chi connectivity index (χ1n) is 9.81. The highest BCUT2D eigenvalue weighted by Crippen LogP contribution is 2.32. The lowest BCUT2D eigenvalue weighted by Gasteiger charge is -2.07. The Morgan fingerprint density at radius 3 is 2.81 bits per heavy atom. The number of para-hydroxylation sites is 1. The average molecular weight is 444 g/mol. The van der Waals surface area contributed by atoms with Gasteiger partial charge in [-0.1, -0.05) is 23.7 Å². The summed E-state index contributed by atoms with van der Waals surface area (Å²) in [5.41, 5.74) is 1.64. The standard InChI is InChI=1S/C24H14ClN3O4/c25-16-6-8-19-15(10-16)11-22(32-19)23-27-18-4-2-1-3-17(18)24(29)28(23)26-12-14-5-7-20-21(9-14)31-13-30-20/h1-12H,13H2. The third-order valence-electron chi connectivity index (χ3n) is 5.17. The molecule has 0 saturated heterocycles. The molecule has 0 spiro atoms. The fourth-order valence-electron chi connectivity index (χ4n) is 3.63. The van der Waals surface area contributed by atoms with Crippen LogP contribution < -0.4 is 15.0 Å². The van der Waals surface area contributed by atoms with E-state index in [1.165, 1.54) is 4.68 Å². The molecule has 0 bridgehead atoms. The van der Waals surface area contributed by atoms with Gasteiger partial charge in [-0.2, -0.15) is 9.78 Å². The number of hydrogen-bond donors (Lipinski definition) is 0. The molecule has 1 aliphatic heterocycles. The van der Waals surface area contributed by atoms with Crippen molar-refractivity contribution in [3.8, 4) is 23.1 Å². The van der Waals surface area contributed by atoms with E-state index in [4.69, 9.17) is 25.5 Å². The monoisotopic (exact) mass is 443 g/mol. The second-order valence-corrected chi connectivity index (χ2v) is 7.66. The molecule has 0 fully saturated rings. The molecule has 8 heteroatoms. The summed E-state index contributed by atoms with van der Waals surface area (Å²) in [5.74, 6) is 2.01. The molecule has 156 valence electrons. The molecule has 2 aromatic heterocycles. The molecule has 5 aromatic rings. The highest BCUT2D eigenvalue weighted by atomic mass is 35.5. The minimum absolute atomic E-state index is 0.185. The second-order valence-electron chi connectivity index (χ2n) is 7.22. The fraction of sp³-hybridized carbons (Fsp3) is 0.0417. The van der Waals surface area contributed by atoms with E-state index in [0.717, 1.165) is 10.9 Å². The van der Waals surface area contributed by atoms with E-state index in [1.807, 2.05) is 12.1 Å². The van der Waals surface area contributed by atoms with Gasteiger partial charge >= 0.3 is 0 Å². The van der Waals surface area contributed by atoms with Gasteiger partial charge in [-0.15, -0.1) is 0 Å². The minimum Gasteiger partial charge on any atom is -0.454 e. The smallest absolute Gasteiger partial charge is 0.282 e. The highest BCUT2D eigenvalue weighted by molar-refractivity contribution is 6.31. The molecule has 1 aliphatic rings. The van der Waals surface area contributed by atoms with Crippen molar-refractivity contribution in [2.24, 2.45) is 5.10 Å². The SMILES string of the molecule is O=c1c2ccccc2nc(-c2cc3cc(Cl)ccc3o2)n1N=Cc1ccc2c(c1)OCO2. The van der Waals surface area contributed by atoms with Gasteiger partial charge < -0.3 is 13.9 Å². The average Bonchev–Trinajstić information content (AvgIpc) is 3.44. The topological polar surface area (TPSA) is 78.9 Å². The zero-order valence-corrected chi connectivity index (χ0v) is 17.2. The molecule has 0 amide bonds. The zero-order valence-electron chi connectivity index (χ0n) is 16.5. The summed E-state index contributed by atoms with van der Waals surface area (Å²) in [6, 6.07) is 19.7. The molecule has 0 N–H and O–H groups in total. The van der Waals surface area contributed by atoms with E-state index in [1.54, 1.807) is 60.8 Å². The van der Waals surface area contributed by atoms with Crippen molar-refractivity contribution in [3.63, 3.8) is 0 Å². The molecule has 0 atom stereocenters. The maximum absolute atomic E-state index is 13.3. The maximum atomic E-state index is 13.3. The molecule has 0 saturated carbocycles. The van der Waals surface area contributed by atoms with Crippen LogP contribution in [0.1, 0.15) is 5.56 Å². The summed E-state index contributed by atoms with van der Waals surface area (Å²) in [6.45, 7) is 0.185. The number of nitrogens with zero attached hydrogens (tertiary/aromatic N) is 3. The van der Waals surface area contributed by atoms with Crippen LogP contribution in [0.4, 0.5) is 0 Å². The fourth-order valence-corrected chi connectivity index (χ4v) is 3.81. The Morgan fingerprint density at radius 1 is 1.00 bits per heavy atom. The van der Waals surface area contributed by atoms with Gasteiger partial charge in [-0.05, 0) is 60.2 Å². The minimum atomic E-state index is -0.305. The van der Waals surface area contributed by atoms with E-state index in [0.29, 0.717) is 38.8 Å². The Hall–Kier alpha value is -4.10. The van der Waals surface area contributed by atoms with Crippen molar-refractivity contribution in [2.75, 3.05) is 6.79 Å². The first-order valence-corrected chi connectivity index (χ1v) is 10.2. The molecule has 3 aromatic carbocycles. The van der Waals surface area contributed by atoms with Crippen LogP contribution >= 0.6 is 11.6 Å². The Balaban J connectivity index is 1.54. The van der Waals surface area contributed by atoms with Gasteiger partial charge in [-0.3, -0.25) is 4.79 Å². The van der Waals surface area contributed by atoms with Crippen LogP contribution in [0.3, 0.4) is 0 Å². The van der Waals surface area contributed by atoms with Gasteiger partial charge in [0.2, 0.25) is 12.6 Å². The number of ether oxygens (including phenoxy) is 2. The molecule has 7 nitrogen and oxygen atoms in total. The van der Waals surface area contributed by atoms with E-state index in [9.17, 15) is 4.79 Å². The Kier molecular flexibility index (Phi) is 4.22. The largest absolute Gasteiger partial charge is 0.454 e. The Morgan fingerprint density at radius 2 is 1.88 bits per heavy atom. The van der Waals surface area contributed by atoms with Crippen LogP contribution in [0.15, 0.2) is 81.0 Å². The summed E-state index contributed by atoms with van der Waals surface area (Å²) in [6.07, 6.45) is 1.57. The number of aromatic nitrogens is 2. The third kappa shape index (κ3) is 3.11. The summed E-state index contributed by atoms with van der Waals surface area (Å²) in [7, 11) is 0. The van der Waals surface area contributed by atoms with Crippen molar-refractivity contribution in [3.05, 3.63) is 87.7 Å². The van der Waals surface area contributed by atoms with Crippen LogP contribution in [0.5, 0.6) is 11.5 Å². The predicted molar refractivity (Wildman–Crippen MR) is 122 cm³/mol. The number of fused-ring (bicyclic) bond motifs is 3. The molecule has 3 heterocycles. The van der Waals surface area contributed by atoms with E-state index in [-0.39, 0.29) is 18.2 Å². The molecular weight excluding hydrogens is 430 g/mol. The van der Waals surface area contributed by atoms with Gasteiger partial charge in [0.25, 0.3) is 5.56 Å². The lowest BCUT2D eigenvalue weighted by Crippen LogP contribution is -2.20. The first-order chi connectivity index (χ1) is 15.7. The molecule has 0 unspecified atom stereocenters. The van der Waals surface area contributed by atoms with Crippen molar-refractivity contribution >= 4 is 39.7 Å². The molecule has 0 aliphatic carbocycles. The lowest BCUT2D eigenvalue weighted by atomic mass is 10.2. The first kappa shape index (κ1) is 18.7. The third-order valence-corrected chi connectivity index (χ3v) is 5.41. The molecule has 0 radical (unpaired) electrons. The van der Waals surface area contributed by atoms with Gasteiger partial charge in [0.15, 0.2) is 17.3 Å². The number of halogens is 1. The van der Waals surface area contributed by atoms with Crippen molar-refractivity contribution in [1.82, 2.24) is 9.66 Å². The summed E-state index contributed by atoms with van der Waals surface area (Å²) in [4.78, 5) is 18.0. The number of rotatable bonds is 3. The van der Waals surface area contributed by atoms with Gasteiger partial charge in [-0.25, -0.2) is 4.98 Å². The number of benzene rings is 3. The lowest BCUT2D eigenvalue weighted by molar-refractivity contribution is 0.174. The summed E-state index contributed by atoms with van der Waals surface area (Å²) < 4.78 is 18.0. The van der Waals surface area contributed by atoms with E-state index < -0.39 is 0 Å². The quantitative estimate of drug-likeness (QED) is 0.363. The zero-order chi connectivity index (χ0) is 21.7. The van der Waals surface area contributed by atoms with Gasteiger partial charge in [0, 0.05) is 10.4 Å². The van der Waals surface area contributed by atoms with Crippen LogP contribution in [-0.2, 0) is 0 Å². The van der Waals surface area contributed by atoms with Crippen LogP contribution in [0.2, 0.25) is 5.02 Å². The van der Waals surface area contributed by atoms with Gasteiger partial charge in [0.1, 0.15) is 5.58 Å². The van der Waals surface area contributed by atoms with Crippen molar-refractivity contribution in [2.45, 2.75) is 0 Å². The Labute approximate surface area is 186 Å². The van der Waals surface area contributed by atoms with Crippen molar-refractivity contribution < 1.29 is 13.9 Å². The summed E-state index contributed by atoms with van der Waals surface area (Å²) >= 11 is 6.11. The Bertz CT molecular complexity index is 1600. The van der Waals surface area contributed by atoms with Crippen LogP contribution in [0, 0.1) is 0 Å². The molecule has 32 heavy (non-hydrogen) atoms. The number of hydrogen-bond acceptors (Lipinski definition) is 6. The van der Waals surface area contributed by atoms with Crippen molar-refractivity contribution in [1.29, 1.82) is 0 Å². The second kappa shape index (κ2) is 7.25. The van der Waals surface area contributed by atoms with E-state index in [2.05, 4.69) is 10.1 Å². The molecule has 6 rings (SSSR count). The number of furan rings is 1. The van der Waals surface area contributed by atoms with Crippen LogP contribution in [0.25, 0.3) is 33.5 Å². The van der Waals surface area contributed by atoms with Crippen LogP contribution in [-0.4, -0.2) is 22.7 Å².